The summed E-state index contributed by atoms with van der Waals surface area (Å²) in [6.07, 6.45) is 6.37. The number of hydrogen-bond acceptors (Lipinski definition) is 3. The van der Waals surface area contributed by atoms with Crippen molar-refractivity contribution in [2.24, 2.45) is 0 Å². The summed E-state index contributed by atoms with van der Waals surface area (Å²) in [6.45, 7) is 0. The number of carbonyl (C=O) groups is 1. The van der Waals surface area contributed by atoms with Crippen molar-refractivity contribution in [3.63, 3.8) is 0 Å². The first-order valence-corrected chi connectivity index (χ1v) is 5.46. The second-order valence-electron chi connectivity index (χ2n) is 3.68. The van der Waals surface area contributed by atoms with Crippen molar-refractivity contribution in [3.8, 4) is 5.88 Å². The first-order valence-electron chi connectivity index (χ1n) is 5.08. The summed E-state index contributed by atoms with van der Waals surface area (Å²) in [5.41, 5.74) is 0.399. The maximum Gasteiger partial charge on any atom is 0.253 e. The molecule has 0 N–H and O–H groups in total. The summed E-state index contributed by atoms with van der Waals surface area (Å²) < 4.78 is 5.64. The molecule has 15 heavy (non-hydrogen) atoms. The molecule has 1 aliphatic carbocycles. The van der Waals surface area contributed by atoms with Crippen LogP contribution in [0.25, 0.3) is 0 Å². The lowest BCUT2D eigenvalue weighted by molar-refractivity contribution is 0.108. The van der Waals surface area contributed by atoms with Gasteiger partial charge in [-0.3, -0.25) is 4.79 Å². The van der Waals surface area contributed by atoms with Crippen molar-refractivity contribution in [1.82, 2.24) is 4.98 Å². The lowest BCUT2D eigenvalue weighted by Gasteiger charge is -2.11. The van der Waals surface area contributed by atoms with Crippen molar-refractivity contribution in [1.29, 1.82) is 0 Å². The van der Waals surface area contributed by atoms with Crippen LogP contribution >= 0.6 is 11.6 Å². The SMILES string of the molecule is O=C(Cl)c1ccc(OC2CCCC2)nc1. The molecule has 0 amide bonds. The first kappa shape index (κ1) is 10.4. The van der Waals surface area contributed by atoms with E-state index in [4.69, 9.17) is 16.3 Å². The van der Waals surface area contributed by atoms with Crippen LogP contribution < -0.4 is 4.74 Å². The van der Waals surface area contributed by atoms with Gasteiger partial charge in [0.05, 0.1) is 5.56 Å². The van der Waals surface area contributed by atoms with E-state index in [0.717, 1.165) is 12.8 Å². The molecule has 1 heterocycles. The second-order valence-corrected chi connectivity index (χ2v) is 4.03. The van der Waals surface area contributed by atoms with E-state index < -0.39 is 5.24 Å². The Bertz CT molecular complexity index is 344. The summed E-state index contributed by atoms with van der Waals surface area (Å²) in [5, 5.41) is -0.491. The van der Waals surface area contributed by atoms with Gasteiger partial charge < -0.3 is 4.74 Å². The molecule has 0 radical (unpaired) electrons. The van der Waals surface area contributed by atoms with Gasteiger partial charge in [0.25, 0.3) is 5.24 Å². The second kappa shape index (κ2) is 4.62. The van der Waals surface area contributed by atoms with Gasteiger partial charge in [0, 0.05) is 12.3 Å². The molecule has 1 aliphatic rings. The Morgan fingerprint density at radius 2 is 2.13 bits per heavy atom. The maximum atomic E-state index is 10.8. The van der Waals surface area contributed by atoms with Crippen LogP contribution in [0.5, 0.6) is 5.88 Å². The Morgan fingerprint density at radius 1 is 1.40 bits per heavy atom. The molecule has 3 nitrogen and oxygen atoms in total. The van der Waals surface area contributed by atoms with Gasteiger partial charge in [-0.25, -0.2) is 4.98 Å². The Kier molecular flexibility index (Phi) is 3.21. The van der Waals surface area contributed by atoms with Crippen molar-refractivity contribution < 1.29 is 9.53 Å². The summed E-state index contributed by atoms with van der Waals surface area (Å²) in [5.74, 6) is 0.573. The molecule has 2 rings (SSSR count). The highest BCUT2D eigenvalue weighted by molar-refractivity contribution is 6.67. The molecule has 80 valence electrons. The minimum Gasteiger partial charge on any atom is -0.474 e. The van der Waals surface area contributed by atoms with Gasteiger partial charge >= 0.3 is 0 Å². The van der Waals surface area contributed by atoms with E-state index in [0.29, 0.717) is 11.4 Å². The number of carbonyl (C=O) groups excluding carboxylic acids is 1. The lowest BCUT2D eigenvalue weighted by atomic mass is 10.3. The van der Waals surface area contributed by atoms with E-state index in [1.54, 1.807) is 12.1 Å². The summed E-state index contributed by atoms with van der Waals surface area (Å²) in [4.78, 5) is 14.8. The van der Waals surface area contributed by atoms with Gasteiger partial charge in [-0.15, -0.1) is 0 Å². The van der Waals surface area contributed by atoms with E-state index in [1.165, 1.54) is 19.0 Å². The van der Waals surface area contributed by atoms with Gasteiger partial charge in [-0.2, -0.15) is 0 Å². The van der Waals surface area contributed by atoms with Crippen LogP contribution in [0.4, 0.5) is 0 Å². The smallest absolute Gasteiger partial charge is 0.253 e. The monoisotopic (exact) mass is 225 g/mol. The fourth-order valence-electron chi connectivity index (χ4n) is 1.74. The Labute approximate surface area is 93.4 Å². The zero-order chi connectivity index (χ0) is 10.7. The fraction of sp³-hybridized carbons (Fsp3) is 0.455. The van der Waals surface area contributed by atoms with E-state index in [1.807, 2.05) is 0 Å². The topological polar surface area (TPSA) is 39.2 Å². The van der Waals surface area contributed by atoms with Crippen molar-refractivity contribution in [2.45, 2.75) is 31.8 Å². The Morgan fingerprint density at radius 3 is 2.67 bits per heavy atom. The van der Waals surface area contributed by atoms with Crippen molar-refractivity contribution >= 4 is 16.8 Å². The number of hydrogen-bond donors (Lipinski definition) is 0. The van der Waals surface area contributed by atoms with E-state index in [2.05, 4.69) is 4.98 Å². The average molecular weight is 226 g/mol. The number of nitrogens with zero attached hydrogens (tertiary/aromatic N) is 1. The maximum absolute atomic E-state index is 10.8. The zero-order valence-electron chi connectivity index (χ0n) is 8.28. The van der Waals surface area contributed by atoms with Crippen LogP contribution in [-0.4, -0.2) is 16.3 Å². The summed E-state index contributed by atoms with van der Waals surface area (Å²) in [6, 6.07) is 3.32. The predicted octanol–water partition coefficient (Wildman–Crippen LogP) is 2.78. The fourth-order valence-corrected chi connectivity index (χ4v) is 1.86. The average Bonchev–Trinajstić information content (AvgIpc) is 2.71. The highest BCUT2D eigenvalue weighted by Gasteiger charge is 2.16. The molecule has 0 aromatic carbocycles. The van der Waals surface area contributed by atoms with Crippen LogP contribution in [0.2, 0.25) is 0 Å². The lowest BCUT2D eigenvalue weighted by Crippen LogP contribution is -2.11. The molecule has 0 unspecified atom stereocenters. The summed E-state index contributed by atoms with van der Waals surface area (Å²) >= 11 is 5.31. The molecule has 0 aliphatic heterocycles. The molecule has 1 aromatic heterocycles. The van der Waals surface area contributed by atoms with Crippen molar-refractivity contribution in [2.75, 3.05) is 0 Å². The van der Waals surface area contributed by atoms with Gasteiger partial charge in [0.1, 0.15) is 6.10 Å². The highest BCUT2D eigenvalue weighted by Crippen LogP contribution is 2.22. The van der Waals surface area contributed by atoms with E-state index in [9.17, 15) is 4.79 Å². The van der Waals surface area contributed by atoms with E-state index in [-0.39, 0.29) is 6.10 Å². The van der Waals surface area contributed by atoms with Gasteiger partial charge in [-0.05, 0) is 43.4 Å². The van der Waals surface area contributed by atoms with Crippen LogP contribution in [-0.2, 0) is 0 Å². The molecular formula is C11H12ClNO2. The molecule has 1 aromatic rings. The number of aromatic nitrogens is 1. The third-order valence-electron chi connectivity index (χ3n) is 2.55. The van der Waals surface area contributed by atoms with Crippen LogP contribution in [0.15, 0.2) is 18.3 Å². The standard InChI is InChI=1S/C11H12ClNO2/c12-11(14)8-5-6-10(13-7-8)15-9-3-1-2-4-9/h5-7,9H,1-4H2. The molecule has 0 atom stereocenters. The minimum absolute atomic E-state index is 0.287. The number of ether oxygens (including phenoxy) is 1. The molecule has 0 bridgehead atoms. The molecule has 1 saturated carbocycles. The minimum atomic E-state index is -0.491. The van der Waals surface area contributed by atoms with Crippen molar-refractivity contribution in [3.05, 3.63) is 23.9 Å². The third kappa shape index (κ3) is 2.69. The molecular weight excluding hydrogens is 214 g/mol. The first-order chi connectivity index (χ1) is 7.25. The Balaban J connectivity index is 2.00. The largest absolute Gasteiger partial charge is 0.474 e. The molecule has 0 saturated heterocycles. The zero-order valence-corrected chi connectivity index (χ0v) is 9.04. The summed E-state index contributed by atoms with van der Waals surface area (Å²) in [7, 11) is 0. The quantitative estimate of drug-likeness (QED) is 0.743. The van der Waals surface area contributed by atoms with Gasteiger partial charge in [-0.1, -0.05) is 0 Å². The predicted molar refractivity (Wildman–Crippen MR) is 57.3 cm³/mol. The number of halogens is 1. The van der Waals surface area contributed by atoms with Crippen LogP contribution in [0.3, 0.4) is 0 Å². The number of pyridine rings is 1. The van der Waals surface area contributed by atoms with Crippen LogP contribution in [0.1, 0.15) is 36.0 Å². The number of rotatable bonds is 3. The van der Waals surface area contributed by atoms with Crippen LogP contribution in [0, 0.1) is 0 Å². The highest BCUT2D eigenvalue weighted by atomic mass is 35.5. The van der Waals surface area contributed by atoms with E-state index >= 15 is 0 Å². The molecule has 4 heteroatoms. The molecule has 1 fully saturated rings. The van der Waals surface area contributed by atoms with Gasteiger partial charge in [0.15, 0.2) is 0 Å². The normalized spacial score (nSPS) is 16.6. The van der Waals surface area contributed by atoms with Gasteiger partial charge in [0.2, 0.25) is 5.88 Å². The molecule has 0 spiro atoms. The Hall–Kier alpha value is -1.09. The third-order valence-corrected chi connectivity index (χ3v) is 2.77.